The lowest BCUT2D eigenvalue weighted by Gasteiger charge is -2.34. The number of aryl methyl sites for hydroxylation is 1. The van der Waals surface area contributed by atoms with Gasteiger partial charge in [-0.15, -0.1) is 0 Å². The summed E-state index contributed by atoms with van der Waals surface area (Å²) in [5.74, 6) is -0.0934. The minimum atomic E-state index is -0.497. The molecule has 1 saturated carbocycles. The first-order valence-corrected chi connectivity index (χ1v) is 13.8. The molecular weight excluding hydrogens is 456 g/mol. The molecule has 1 fully saturated rings. The van der Waals surface area contributed by atoms with Crippen LogP contribution in [0.15, 0.2) is 84.9 Å². The summed E-state index contributed by atoms with van der Waals surface area (Å²) in [6.07, 6.45) is 6.50. The smallest absolute Gasteiger partial charge is 0.243 e. The average molecular weight is 497 g/mol. The maximum Gasteiger partial charge on any atom is 0.243 e. The summed E-state index contributed by atoms with van der Waals surface area (Å²) in [6.45, 7) is 4.49. The zero-order valence-corrected chi connectivity index (χ0v) is 22.2. The fourth-order valence-corrected chi connectivity index (χ4v) is 5.44. The fraction of sp³-hybridized carbons (Fsp3) is 0.394. The number of rotatable bonds is 10. The van der Waals surface area contributed by atoms with Gasteiger partial charge in [0, 0.05) is 24.9 Å². The van der Waals surface area contributed by atoms with Crippen LogP contribution in [-0.2, 0) is 16.1 Å². The zero-order valence-electron chi connectivity index (χ0n) is 22.2. The number of hydrogen-bond acceptors (Lipinski definition) is 2. The number of benzene rings is 3. The molecule has 0 radical (unpaired) electrons. The van der Waals surface area contributed by atoms with E-state index >= 15 is 0 Å². The van der Waals surface area contributed by atoms with Gasteiger partial charge in [0.2, 0.25) is 11.8 Å². The van der Waals surface area contributed by atoms with Gasteiger partial charge in [0.1, 0.15) is 6.04 Å². The van der Waals surface area contributed by atoms with Crippen molar-refractivity contribution in [2.24, 2.45) is 0 Å². The normalized spacial score (nSPS) is 14.8. The Bertz CT molecular complexity index is 1080. The predicted molar refractivity (Wildman–Crippen MR) is 150 cm³/mol. The lowest BCUT2D eigenvalue weighted by atomic mass is 9.88. The highest BCUT2D eigenvalue weighted by Gasteiger charge is 2.32. The van der Waals surface area contributed by atoms with Crippen LogP contribution >= 0.6 is 0 Å². The van der Waals surface area contributed by atoms with Crippen LogP contribution in [0.25, 0.3) is 0 Å². The van der Waals surface area contributed by atoms with E-state index in [0.717, 1.165) is 42.4 Å². The van der Waals surface area contributed by atoms with E-state index in [9.17, 15) is 9.59 Å². The first-order valence-electron chi connectivity index (χ1n) is 13.8. The second-order valence-corrected chi connectivity index (χ2v) is 10.4. The molecular formula is C33H40N2O2. The number of carbonyl (C=O) groups is 2. The summed E-state index contributed by atoms with van der Waals surface area (Å²) in [5.41, 5.74) is 4.44. The van der Waals surface area contributed by atoms with Crippen molar-refractivity contribution in [2.45, 2.75) is 83.3 Å². The lowest BCUT2D eigenvalue weighted by molar-refractivity contribution is -0.142. The van der Waals surface area contributed by atoms with E-state index < -0.39 is 6.04 Å². The number of amides is 2. The van der Waals surface area contributed by atoms with Gasteiger partial charge in [-0.3, -0.25) is 9.59 Å². The number of nitrogens with one attached hydrogen (secondary N) is 1. The summed E-state index contributed by atoms with van der Waals surface area (Å²) in [6, 6.07) is 28.4. The van der Waals surface area contributed by atoms with E-state index in [1.807, 2.05) is 48.2 Å². The third-order valence-electron chi connectivity index (χ3n) is 7.59. The molecule has 3 aromatic carbocycles. The van der Waals surface area contributed by atoms with Gasteiger partial charge >= 0.3 is 0 Å². The molecule has 0 saturated heterocycles. The number of hydrogen-bond donors (Lipinski definition) is 1. The molecule has 1 aliphatic rings. The van der Waals surface area contributed by atoms with Crippen LogP contribution in [0.1, 0.15) is 80.0 Å². The van der Waals surface area contributed by atoms with Gasteiger partial charge < -0.3 is 10.2 Å². The van der Waals surface area contributed by atoms with Gasteiger partial charge in [-0.25, -0.2) is 0 Å². The number of nitrogens with zero attached hydrogens (tertiary/aromatic N) is 1. The van der Waals surface area contributed by atoms with Crippen LogP contribution in [-0.4, -0.2) is 28.8 Å². The van der Waals surface area contributed by atoms with Crippen LogP contribution in [0.2, 0.25) is 0 Å². The zero-order chi connectivity index (χ0) is 26.0. The molecule has 0 aromatic heterocycles. The molecule has 4 heteroatoms. The molecule has 0 aliphatic heterocycles. The quantitative estimate of drug-likeness (QED) is 0.337. The van der Waals surface area contributed by atoms with Gasteiger partial charge in [0.25, 0.3) is 0 Å². The third-order valence-corrected chi connectivity index (χ3v) is 7.59. The molecule has 0 spiro atoms. The highest BCUT2D eigenvalue weighted by Crippen LogP contribution is 2.30. The van der Waals surface area contributed by atoms with Crippen LogP contribution in [0.3, 0.4) is 0 Å². The molecule has 0 unspecified atom stereocenters. The fourth-order valence-electron chi connectivity index (χ4n) is 5.44. The first kappa shape index (κ1) is 26.7. The summed E-state index contributed by atoms with van der Waals surface area (Å²) in [4.78, 5) is 29.5. The maximum atomic E-state index is 14.1. The largest absolute Gasteiger partial charge is 0.352 e. The van der Waals surface area contributed by atoms with Crippen molar-refractivity contribution in [3.63, 3.8) is 0 Å². The summed E-state index contributed by atoms with van der Waals surface area (Å²) >= 11 is 0. The predicted octanol–water partition coefficient (Wildman–Crippen LogP) is 6.77. The van der Waals surface area contributed by atoms with Crippen molar-refractivity contribution in [1.82, 2.24) is 10.2 Å². The van der Waals surface area contributed by atoms with Crippen molar-refractivity contribution in [1.29, 1.82) is 0 Å². The highest BCUT2D eigenvalue weighted by atomic mass is 16.2. The average Bonchev–Trinajstić information content (AvgIpc) is 2.94. The molecule has 1 N–H and O–H groups in total. The standard InChI is InChI=1S/C33H40N2O2/c1-3-31(33(37)34-29-17-11-6-12-18-29)35(24-26-21-19-25(2)20-22-26)32(36)23-30(27-13-7-4-8-14-27)28-15-9-5-10-16-28/h4-5,7-10,13-16,19-22,29-31H,3,6,11-12,17-18,23-24H2,1-2H3,(H,34,37)/t31-/m1/s1. The van der Waals surface area contributed by atoms with Crippen LogP contribution in [0, 0.1) is 6.92 Å². The van der Waals surface area contributed by atoms with Crippen molar-refractivity contribution in [3.05, 3.63) is 107 Å². The van der Waals surface area contributed by atoms with E-state index in [1.54, 1.807) is 0 Å². The Labute approximate surface area is 222 Å². The van der Waals surface area contributed by atoms with Crippen molar-refractivity contribution >= 4 is 11.8 Å². The van der Waals surface area contributed by atoms with E-state index in [0.29, 0.717) is 19.4 Å². The monoisotopic (exact) mass is 496 g/mol. The Morgan fingerprint density at radius 3 is 1.95 bits per heavy atom. The van der Waals surface area contributed by atoms with Gasteiger partial charge in [-0.05, 0) is 42.9 Å². The Kier molecular flexibility index (Phi) is 9.53. The topological polar surface area (TPSA) is 49.4 Å². The molecule has 4 nitrogen and oxygen atoms in total. The van der Waals surface area contributed by atoms with Gasteiger partial charge in [0.15, 0.2) is 0 Å². The van der Waals surface area contributed by atoms with E-state index in [2.05, 4.69) is 60.8 Å². The molecule has 1 atom stereocenters. The Morgan fingerprint density at radius 2 is 1.41 bits per heavy atom. The summed E-state index contributed by atoms with van der Waals surface area (Å²) < 4.78 is 0. The molecule has 1 aliphatic carbocycles. The lowest BCUT2D eigenvalue weighted by Crippen LogP contribution is -2.51. The maximum absolute atomic E-state index is 14.1. The Balaban J connectivity index is 1.61. The Morgan fingerprint density at radius 1 is 0.838 bits per heavy atom. The molecule has 37 heavy (non-hydrogen) atoms. The minimum Gasteiger partial charge on any atom is -0.352 e. The van der Waals surface area contributed by atoms with Crippen LogP contribution < -0.4 is 5.32 Å². The highest BCUT2D eigenvalue weighted by molar-refractivity contribution is 5.88. The molecule has 0 heterocycles. The van der Waals surface area contributed by atoms with Crippen molar-refractivity contribution in [3.8, 4) is 0 Å². The second kappa shape index (κ2) is 13.2. The minimum absolute atomic E-state index is 0.00363. The SMILES string of the molecule is CC[C@H](C(=O)NC1CCCCC1)N(Cc1ccc(C)cc1)C(=O)CC(c1ccccc1)c1ccccc1. The van der Waals surface area contributed by atoms with Crippen molar-refractivity contribution in [2.75, 3.05) is 0 Å². The molecule has 0 bridgehead atoms. The third kappa shape index (κ3) is 7.31. The molecule has 194 valence electrons. The first-order chi connectivity index (χ1) is 18.0. The van der Waals surface area contributed by atoms with E-state index in [-0.39, 0.29) is 23.8 Å². The van der Waals surface area contributed by atoms with Gasteiger partial charge in [0.05, 0.1) is 0 Å². The second-order valence-electron chi connectivity index (χ2n) is 10.4. The van der Waals surface area contributed by atoms with E-state index in [4.69, 9.17) is 0 Å². The number of carbonyl (C=O) groups excluding carboxylic acids is 2. The molecule has 3 aromatic rings. The summed E-state index contributed by atoms with van der Waals surface area (Å²) in [5, 5.41) is 3.28. The van der Waals surface area contributed by atoms with E-state index in [1.165, 1.54) is 12.0 Å². The summed E-state index contributed by atoms with van der Waals surface area (Å²) in [7, 11) is 0. The van der Waals surface area contributed by atoms with Gasteiger partial charge in [-0.1, -0.05) is 117 Å². The van der Waals surface area contributed by atoms with Crippen LogP contribution in [0.4, 0.5) is 0 Å². The molecule has 2 amide bonds. The molecule has 4 rings (SSSR count). The van der Waals surface area contributed by atoms with Crippen LogP contribution in [0.5, 0.6) is 0 Å². The van der Waals surface area contributed by atoms with Gasteiger partial charge in [-0.2, -0.15) is 0 Å². The Hall–Kier alpha value is -3.40. The van der Waals surface area contributed by atoms with Crippen molar-refractivity contribution < 1.29 is 9.59 Å².